The van der Waals surface area contributed by atoms with Gasteiger partial charge in [0.25, 0.3) is 5.91 Å². The normalized spacial score (nSPS) is 15.0. The maximum atomic E-state index is 12.8. The highest BCUT2D eigenvalue weighted by Crippen LogP contribution is 2.29. The predicted molar refractivity (Wildman–Crippen MR) is 115 cm³/mol. The number of carbonyl (C=O) groups is 1. The average molecular weight is 414 g/mol. The quantitative estimate of drug-likeness (QED) is 0.536. The Morgan fingerprint density at radius 2 is 2.07 bits per heavy atom. The van der Waals surface area contributed by atoms with Crippen LogP contribution >= 0.6 is 23.4 Å². The lowest BCUT2D eigenvalue weighted by Gasteiger charge is -2.22. The van der Waals surface area contributed by atoms with E-state index in [9.17, 15) is 4.79 Å². The summed E-state index contributed by atoms with van der Waals surface area (Å²) in [5, 5.41) is 3.77. The minimum Gasteiger partial charge on any atom is -0.352 e. The van der Waals surface area contributed by atoms with Gasteiger partial charge in [-0.1, -0.05) is 36.9 Å². The highest BCUT2D eigenvalue weighted by Gasteiger charge is 2.17. The third-order valence-corrected chi connectivity index (χ3v) is 6.58. The molecule has 3 aromatic rings. The van der Waals surface area contributed by atoms with Gasteiger partial charge in [0.15, 0.2) is 0 Å². The zero-order valence-corrected chi connectivity index (χ0v) is 17.3. The van der Waals surface area contributed by atoms with E-state index in [1.54, 1.807) is 17.8 Å². The van der Waals surface area contributed by atoms with E-state index in [-0.39, 0.29) is 5.91 Å². The van der Waals surface area contributed by atoms with Gasteiger partial charge in [-0.2, -0.15) is 0 Å². The lowest BCUT2D eigenvalue weighted by Crippen LogP contribution is -2.30. The molecule has 2 aromatic heterocycles. The number of hydrogen-bond acceptors (Lipinski definition) is 3. The van der Waals surface area contributed by atoms with Crippen LogP contribution in [0.2, 0.25) is 5.02 Å². The first-order valence-electron chi connectivity index (χ1n) is 9.82. The van der Waals surface area contributed by atoms with Crippen LogP contribution in [-0.2, 0) is 5.75 Å². The maximum absolute atomic E-state index is 12.8. The van der Waals surface area contributed by atoms with Gasteiger partial charge in [0.05, 0.1) is 11.3 Å². The van der Waals surface area contributed by atoms with E-state index in [2.05, 4.69) is 10.3 Å². The average Bonchev–Trinajstić information content (AvgIpc) is 3.14. The van der Waals surface area contributed by atoms with E-state index < -0.39 is 0 Å². The topological polar surface area (TPSA) is 46.4 Å². The van der Waals surface area contributed by atoms with Crippen LogP contribution < -0.4 is 5.32 Å². The first-order chi connectivity index (χ1) is 13.7. The Labute approximate surface area is 174 Å². The van der Waals surface area contributed by atoms with Gasteiger partial charge in [0.2, 0.25) is 0 Å². The molecule has 0 radical (unpaired) electrons. The lowest BCUT2D eigenvalue weighted by atomic mass is 9.89. The third-order valence-electron chi connectivity index (χ3n) is 5.25. The second kappa shape index (κ2) is 9.01. The number of benzene rings is 1. The number of amides is 1. The summed E-state index contributed by atoms with van der Waals surface area (Å²) >= 11 is 7.80. The molecule has 0 unspecified atom stereocenters. The number of imidazole rings is 1. The molecular formula is C22H24ClN3OS. The molecule has 0 aliphatic heterocycles. The molecule has 6 heteroatoms. The van der Waals surface area contributed by atoms with Crippen molar-refractivity contribution in [3.8, 4) is 0 Å². The van der Waals surface area contributed by atoms with Gasteiger partial charge < -0.3 is 9.72 Å². The summed E-state index contributed by atoms with van der Waals surface area (Å²) in [4.78, 5) is 18.3. The molecule has 4 nitrogen and oxygen atoms in total. The Morgan fingerprint density at radius 1 is 1.21 bits per heavy atom. The number of pyridine rings is 1. The van der Waals surface area contributed by atoms with Crippen molar-refractivity contribution in [2.24, 2.45) is 5.92 Å². The Bertz CT molecular complexity index is 932. The van der Waals surface area contributed by atoms with E-state index in [0.717, 1.165) is 22.8 Å². The molecule has 1 aliphatic carbocycles. The molecule has 146 valence electrons. The van der Waals surface area contributed by atoms with Crippen LogP contribution in [0.15, 0.2) is 53.7 Å². The third kappa shape index (κ3) is 4.70. The number of aromatic nitrogens is 2. The largest absolute Gasteiger partial charge is 0.352 e. The minimum absolute atomic E-state index is 0.0141. The molecule has 1 saturated carbocycles. The molecule has 1 amide bonds. The van der Waals surface area contributed by atoms with Crippen LogP contribution in [0.1, 0.15) is 48.2 Å². The summed E-state index contributed by atoms with van der Waals surface area (Å²) in [5.74, 6) is 1.28. The SMILES string of the molecule is O=C(NCC1CCCCC1)c1ccc(Cl)cc1SCc1cn2ccccc2n1. The first-order valence-corrected chi connectivity index (χ1v) is 11.2. The number of fused-ring (bicyclic) bond motifs is 1. The molecule has 2 heterocycles. The van der Waals surface area contributed by atoms with Gasteiger partial charge in [-0.3, -0.25) is 4.79 Å². The zero-order chi connectivity index (χ0) is 19.3. The standard InChI is InChI=1S/C22H24ClN3OS/c23-17-9-10-19(22(27)24-13-16-6-2-1-3-7-16)20(12-17)28-15-18-14-26-11-5-4-8-21(26)25-18/h4-5,8-12,14,16H,1-3,6-7,13,15H2,(H,24,27). The Kier molecular flexibility index (Phi) is 6.23. The number of carbonyl (C=O) groups excluding carboxylic acids is 1. The number of thioether (sulfide) groups is 1. The van der Waals surface area contributed by atoms with Gasteiger partial charge in [0.1, 0.15) is 5.65 Å². The lowest BCUT2D eigenvalue weighted by molar-refractivity contribution is 0.0940. The molecule has 28 heavy (non-hydrogen) atoms. The Hall–Kier alpha value is -1.98. The number of nitrogens with zero attached hydrogens (tertiary/aromatic N) is 2. The summed E-state index contributed by atoms with van der Waals surface area (Å²) in [6, 6.07) is 11.4. The van der Waals surface area contributed by atoms with Crippen LogP contribution in [0.3, 0.4) is 0 Å². The van der Waals surface area contributed by atoms with Crippen LogP contribution in [0.5, 0.6) is 0 Å². The van der Waals surface area contributed by atoms with Crippen LogP contribution in [0.4, 0.5) is 0 Å². The summed E-state index contributed by atoms with van der Waals surface area (Å²) in [6.07, 6.45) is 10.3. The number of hydrogen-bond donors (Lipinski definition) is 1. The van der Waals surface area contributed by atoms with E-state index in [1.807, 2.05) is 47.1 Å². The van der Waals surface area contributed by atoms with Gasteiger partial charge in [0, 0.05) is 34.6 Å². The van der Waals surface area contributed by atoms with Gasteiger partial charge in [-0.15, -0.1) is 11.8 Å². The summed E-state index contributed by atoms with van der Waals surface area (Å²) in [6.45, 7) is 0.762. The fourth-order valence-electron chi connectivity index (χ4n) is 3.74. The number of rotatable bonds is 6. The maximum Gasteiger partial charge on any atom is 0.252 e. The second-order valence-electron chi connectivity index (χ2n) is 7.34. The second-order valence-corrected chi connectivity index (χ2v) is 8.80. The Balaban J connectivity index is 1.44. The molecule has 0 spiro atoms. The number of nitrogens with one attached hydrogen (secondary N) is 1. The molecular weight excluding hydrogens is 390 g/mol. The summed E-state index contributed by atoms with van der Waals surface area (Å²) in [7, 11) is 0. The molecule has 1 aromatic carbocycles. The van der Waals surface area contributed by atoms with E-state index in [0.29, 0.717) is 22.3 Å². The van der Waals surface area contributed by atoms with Crippen molar-refractivity contribution >= 4 is 34.9 Å². The molecule has 0 atom stereocenters. The van der Waals surface area contributed by atoms with Crippen molar-refractivity contribution in [3.63, 3.8) is 0 Å². The van der Waals surface area contributed by atoms with Crippen LogP contribution in [0, 0.1) is 5.92 Å². The molecule has 1 fully saturated rings. The minimum atomic E-state index is -0.0141. The predicted octanol–water partition coefficient (Wildman–Crippen LogP) is 5.59. The molecule has 0 bridgehead atoms. The van der Waals surface area contributed by atoms with Crippen molar-refractivity contribution < 1.29 is 4.79 Å². The van der Waals surface area contributed by atoms with Crippen molar-refractivity contribution in [2.75, 3.05) is 6.54 Å². The van der Waals surface area contributed by atoms with Gasteiger partial charge >= 0.3 is 0 Å². The van der Waals surface area contributed by atoms with Gasteiger partial charge in [-0.05, 0) is 49.1 Å². The highest BCUT2D eigenvalue weighted by molar-refractivity contribution is 7.98. The van der Waals surface area contributed by atoms with E-state index >= 15 is 0 Å². The van der Waals surface area contributed by atoms with Crippen LogP contribution in [-0.4, -0.2) is 21.8 Å². The van der Waals surface area contributed by atoms with Crippen molar-refractivity contribution in [1.29, 1.82) is 0 Å². The smallest absolute Gasteiger partial charge is 0.252 e. The highest BCUT2D eigenvalue weighted by atomic mass is 35.5. The fraction of sp³-hybridized carbons (Fsp3) is 0.364. The molecule has 4 rings (SSSR count). The van der Waals surface area contributed by atoms with Crippen LogP contribution in [0.25, 0.3) is 5.65 Å². The monoisotopic (exact) mass is 413 g/mol. The molecule has 1 N–H and O–H groups in total. The molecule has 0 saturated heterocycles. The van der Waals surface area contributed by atoms with Gasteiger partial charge in [-0.25, -0.2) is 4.98 Å². The summed E-state index contributed by atoms with van der Waals surface area (Å²) in [5.41, 5.74) is 2.59. The summed E-state index contributed by atoms with van der Waals surface area (Å²) < 4.78 is 2.01. The van der Waals surface area contributed by atoms with Crippen molar-refractivity contribution in [2.45, 2.75) is 42.8 Å². The zero-order valence-electron chi connectivity index (χ0n) is 15.7. The van der Waals surface area contributed by atoms with E-state index in [1.165, 1.54) is 32.1 Å². The van der Waals surface area contributed by atoms with E-state index in [4.69, 9.17) is 11.6 Å². The first kappa shape index (κ1) is 19.3. The number of halogens is 1. The van der Waals surface area contributed by atoms with Crippen molar-refractivity contribution in [3.05, 3.63) is 65.1 Å². The molecule has 1 aliphatic rings. The Morgan fingerprint density at radius 3 is 2.89 bits per heavy atom. The fourth-order valence-corrected chi connectivity index (χ4v) is 4.94. The van der Waals surface area contributed by atoms with Crippen molar-refractivity contribution in [1.82, 2.24) is 14.7 Å².